The molecule has 0 saturated heterocycles. The van der Waals surface area contributed by atoms with Crippen LogP contribution in [0.3, 0.4) is 0 Å². The van der Waals surface area contributed by atoms with Crippen molar-refractivity contribution in [1.82, 2.24) is 14.5 Å². The molecule has 9 heteroatoms. The Labute approximate surface area is 180 Å². The number of esters is 1. The van der Waals surface area contributed by atoms with Crippen molar-refractivity contribution in [1.29, 1.82) is 0 Å². The molecule has 0 radical (unpaired) electrons. The molecule has 0 fully saturated rings. The lowest BCUT2D eigenvalue weighted by atomic mass is 9.97. The van der Waals surface area contributed by atoms with Crippen molar-refractivity contribution in [2.24, 2.45) is 0 Å². The van der Waals surface area contributed by atoms with Crippen molar-refractivity contribution >= 4 is 27.5 Å². The minimum atomic E-state index is -0.462. The van der Waals surface area contributed by atoms with Gasteiger partial charge in [0.15, 0.2) is 0 Å². The maximum absolute atomic E-state index is 13.3. The van der Waals surface area contributed by atoms with Crippen molar-refractivity contribution < 1.29 is 19.0 Å². The van der Waals surface area contributed by atoms with E-state index in [2.05, 4.69) is 0 Å². The Balaban J connectivity index is 1.73. The van der Waals surface area contributed by atoms with E-state index in [9.17, 15) is 9.59 Å². The molecule has 0 unspecified atom stereocenters. The average Bonchev–Trinajstić information content (AvgIpc) is 3.08. The highest BCUT2D eigenvalue weighted by atomic mass is 32.1. The first-order valence-corrected chi connectivity index (χ1v) is 11.3. The highest BCUT2D eigenvalue weighted by Gasteiger charge is 2.23. The third-order valence-electron chi connectivity index (χ3n) is 4.97. The molecule has 1 aliphatic carbocycles. The first-order chi connectivity index (χ1) is 14.5. The average molecular weight is 438 g/mol. The van der Waals surface area contributed by atoms with Gasteiger partial charge in [0, 0.05) is 11.5 Å². The van der Waals surface area contributed by atoms with Gasteiger partial charge in [-0.15, -0.1) is 11.3 Å². The fraction of sp³-hybridized carbons (Fsp3) is 0.667. The second-order valence-electron chi connectivity index (χ2n) is 7.58. The molecule has 0 atom stereocenters. The largest absolute Gasteiger partial charge is 0.462 e. The zero-order valence-corrected chi connectivity index (χ0v) is 18.9. The highest BCUT2D eigenvalue weighted by molar-refractivity contribution is 7.18. The Kier molecular flexibility index (Phi) is 8.38. The van der Waals surface area contributed by atoms with Crippen molar-refractivity contribution in [3.8, 4) is 0 Å². The minimum absolute atomic E-state index is 0.138. The van der Waals surface area contributed by atoms with Crippen LogP contribution in [-0.2, 0) is 44.9 Å². The summed E-state index contributed by atoms with van der Waals surface area (Å²) in [5, 5.41) is 0.685. The van der Waals surface area contributed by atoms with Crippen LogP contribution in [0.15, 0.2) is 4.79 Å². The second-order valence-corrected chi connectivity index (χ2v) is 8.66. The number of aromatic nitrogens is 2. The van der Waals surface area contributed by atoms with E-state index in [1.54, 1.807) is 11.3 Å². The molecule has 0 spiro atoms. The van der Waals surface area contributed by atoms with Crippen LogP contribution < -0.4 is 5.56 Å². The number of rotatable bonds is 11. The van der Waals surface area contributed by atoms with Gasteiger partial charge in [-0.1, -0.05) is 0 Å². The van der Waals surface area contributed by atoms with E-state index in [-0.39, 0.29) is 18.7 Å². The van der Waals surface area contributed by atoms with Crippen LogP contribution in [-0.4, -0.2) is 67.6 Å². The van der Waals surface area contributed by atoms with E-state index in [1.165, 1.54) is 9.44 Å². The first kappa shape index (κ1) is 22.9. The van der Waals surface area contributed by atoms with Crippen LogP contribution in [0, 0.1) is 0 Å². The van der Waals surface area contributed by atoms with Crippen LogP contribution in [0.1, 0.15) is 36.0 Å². The number of nitrogens with zero attached hydrogens (tertiary/aromatic N) is 3. The SMILES string of the molecule is CCOCCOCCOC(=O)Cn1c(CN(C)C)nc2sc3c(c2c1=O)CCCC3. The molecule has 3 rings (SSSR count). The van der Waals surface area contributed by atoms with Gasteiger partial charge in [0.1, 0.15) is 23.8 Å². The number of hydrogen-bond acceptors (Lipinski definition) is 8. The number of aryl methyl sites for hydroxylation is 2. The molecule has 2 aromatic heterocycles. The number of hydrogen-bond donors (Lipinski definition) is 0. The molecule has 2 heterocycles. The third kappa shape index (κ3) is 5.66. The molecule has 0 amide bonds. The van der Waals surface area contributed by atoms with E-state index in [0.29, 0.717) is 44.2 Å². The summed E-state index contributed by atoms with van der Waals surface area (Å²) in [4.78, 5) is 34.5. The van der Waals surface area contributed by atoms with Crippen LogP contribution in [0.4, 0.5) is 0 Å². The number of thiophene rings is 1. The Hall–Kier alpha value is -1.81. The van der Waals surface area contributed by atoms with E-state index in [0.717, 1.165) is 36.1 Å². The Morgan fingerprint density at radius 1 is 1.13 bits per heavy atom. The fourth-order valence-electron chi connectivity index (χ4n) is 3.60. The van der Waals surface area contributed by atoms with Gasteiger partial charge in [0.05, 0.1) is 31.8 Å². The zero-order chi connectivity index (χ0) is 21.5. The van der Waals surface area contributed by atoms with Gasteiger partial charge in [-0.3, -0.25) is 14.2 Å². The van der Waals surface area contributed by atoms with Gasteiger partial charge >= 0.3 is 5.97 Å². The number of carbonyl (C=O) groups excluding carboxylic acids is 1. The Morgan fingerprint density at radius 3 is 2.63 bits per heavy atom. The van der Waals surface area contributed by atoms with Crippen molar-refractivity contribution in [3.05, 3.63) is 26.6 Å². The smallest absolute Gasteiger partial charge is 0.326 e. The van der Waals surface area contributed by atoms with E-state index >= 15 is 0 Å². The quantitative estimate of drug-likeness (QED) is 0.393. The molecule has 0 aliphatic heterocycles. The van der Waals surface area contributed by atoms with Gasteiger partial charge in [0.2, 0.25) is 0 Å². The summed E-state index contributed by atoms with van der Waals surface area (Å²) in [5.74, 6) is 0.122. The second kappa shape index (κ2) is 11.0. The summed E-state index contributed by atoms with van der Waals surface area (Å²) in [7, 11) is 3.83. The van der Waals surface area contributed by atoms with Crippen molar-refractivity contribution in [3.63, 3.8) is 0 Å². The summed E-state index contributed by atoms with van der Waals surface area (Å²) in [5.41, 5.74) is 0.987. The molecule has 1 aliphatic rings. The molecule has 8 nitrogen and oxygen atoms in total. The third-order valence-corrected chi connectivity index (χ3v) is 6.15. The van der Waals surface area contributed by atoms with Crippen LogP contribution in [0.2, 0.25) is 0 Å². The summed E-state index contributed by atoms with van der Waals surface area (Å²) < 4.78 is 17.3. The number of ether oxygens (including phenoxy) is 3. The summed E-state index contributed by atoms with van der Waals surface area (Å²) in [6.45, 7) is 4.32. The predicted octanol–water partition coefficient (Wildman–Crippen LogP) is 1.99. The molecule has 30 heavy (non-hydrogen) atoms. The Morgan fingerprint density at radius 2 is 1.87 bits per heavy atom. The summed E-state index contributed by atoms with van der Waals surface area (Å²) in [6, 6.07) is 0. The molecule has 0 saturated carbocycles. The van der Waals surface area contributed by atoms with Crippen molar-refractivity contribution in [2.45, 2.75) is 45.7 Å². The monoisotopic (exact) mass is 437 g/mol. The van der Waals surface area contributed by atoms with Crippen molar-refractivity contribution in [2.75, 3.05) is 47.1 Å². The van der Waals surface area contributed by atoms with Gasteiger partial charge < -0.3 is 19.1 Å². The maximum atomic E-state index is 13.3. The number of carbonyl (C=O) groups is 1. The van der Waals surface area contributed by atoms with Gasteiger partial charge in [-0.25, -0.2) is 4.98 Å². The highest BCUT2D eigenvalue weighted by Crippen LogP contribution is 2.33. The summed E-state index contributed by atoms with van der Waals surface area (Å²) in [6.07, 6.45) is 4.15. The van der Waals surface area contributed by atoms with Gasteiger partial charge in [-0.2, -0.15) is 0 Å². The first-order valence-electron chi connectivity index (χ1n) is 10.5. The molecular weight excluding hydrogens is 406 g/mol. The topological polar surface area (TPSA) is 82.9 Å². The molecule has 2 aromatic rings. The molecule has 166 valence electrons. The zero-order valence-electron chi connectivity index (χ0n) is 18.1. The van der Waals surface area contributed by atoms with E-state index in [1.807, 2.05) is 25.9 Å². The van der Waals surface area contributed by atoms with Gasteiger partial charge in [-0.05, 0) is 52.3 Å². The van der Waals surface area contributed by atoms with Crippen LogP contribution in [0.25, 0.3) is 10.2 Å². The normalized spacial score (nSPS) is 13.7. The minimum Gasteiger partial charge on any atom is -0.462 e. The van der Waals surface area contributed by atoms with E-state index < -0.39 is 5.97 Å². The lowest BCUT2D eigenvalue weighted by Crippen LogP contribution is -2.32. The molecular formula is C21H31N3O5S. The molecule has 0 N–H and O–H groups in total. The lowest BCUT2D eigenvalue weighted by Gasteiger charge is -2.16. The van der Waals surface area contributed by atoms with Crippen LogP contribution in [0.5, 0.6) is 0 Å². The van der Waals surface area contributed by atoms with Gasteiger partial charge in [0.25, 0.3) is 5.56 Å². The number of fused-ring (bicyclic) bond motifs is 3. The molecule has 0 bridgehead atoms. The van der Waals surface area contributed by atoms with E-state index in [4.69, 9.17) is 19.2 Å². The fourth-order valence-corrected chi connectivity index (χ4v) is 4.87. The summed E-state index contributed by atoms with van der Waals surface area (Å²) >= 11 is 1.62. The molecule has 0 aromatic carbocycles. The van der Waals surface area contributed by atoms with Crippen LogP contribution >= 0.6 is 11.3 Å². The predicted molar refractivity (Wildman–Crippen MR) is 116 cm³/mol. The Bertz CT molecular complexity index is 921. The standard InChI is InChI=1S/C21H31N3O5S/c1-4-27-9-10-28-11-12-29-18(25)14-24-17(13-23(2)3)22-20-19(21(24)26)15-7-5-6-8-16(15)30-20/h4-14H2,1-3H3. The maximum Gasteiger partial charge on any atom is 0.326 e. The lowest BCUT2D eigenvalue weighted by molar-refractivity contribution is -0.146.